The van der Waals surface area contributed by atoms with Crippen molar-refractivity contribution >= 4 is 11.5 Å². The van der Waals surface area contributed by atoms with Gasteiger partial charge in [-0.25, -0.2) is 9.37 Å². The van der Waals surface area contributed by atoms with Crippen molar-refractivity contribution in [3.63, 3.8) is 0 Å². The predicted molar refractivity (Wildman–Crippen MR) is 145 cm³/mol. The first kappa shape index (κ1) is 27.4. The van der Waals surface area contributed by atoms with Gasteiger partial charge in [0.25, 0.3) is 0 Å². The second-order valence-corrected chi connectivity index (χ2v) is 10.5. The van der Waals surface area contributed by atoms with Crippen LogP contribution in [0.4, 0.5) is 29.1 Å². The molecule has 3 N–H and O–H groups in total. The molecule has 1 saturated carbocycles. The van der Waals surface area contributed by atoms with Crippen LogP contribution in [0.2, 0.25) is 0 Å². The molecule has 0 unspecified atom stereocenters. The first-order valence-corrected chi connectivity index (χ1v) is 13.6. The van der Waals surface area contributed by atoms with Crippen LogP contribution < -0.4 is 15.5 Å². The van der Waals surface area contributed by atoms with Crippen molar-refractivity contribution in [2.75, 3.05) is 23.3 Å². The number of halogens is 4. The molecular formula is C30H34F4N4O. The molecule has 3 aromatic rings. The number of aliphatic hydroxyl groups excluding tert-OH is 1. The summed E-state index contributed by atoms with van der Waals surface area (Å²) in [5, 5.41) is 16.9. The molecule has 0 bridgehead atoms. The van der Waals surface area contributed by atoms with Crippen LogP contribution in [0.25, 0.3) is 11.1 Å². The molecule has 0 amide bonds. The second kappa shape index (κ2) is 11.9. The van der Waals surface area contributed by atoms with E-state index in [1.54, 1.807) is 30.5 Å². The van der Waals surface area contributed by atoms with Gasteiger partial charge in [0.1, 0.15) is 11.6 Å². The number of aliphatic hydroxyl groups is 1. The number of hydrogen-bond donors (Lipinski definition) is 3. The number of alkyl halides is 3. The third-order valence-corrected chi connectivity index (χ3v) is 7.84. The number of hydrogen-bond acceptors (Lipinski definition) is 5. The molecule has 9 heteroatoms. The minimum atomic E-state index is -4.33. The highest BCUT2D eigenvalue weighted by molar-refractivity contribution is 5.67. The maximum absolute atomic E-state index is 13.9. The third-order valence-electron chi connectivity index (χ3n) is 7.84. The summed E-state index contributed by atoms with van der Waals surface area (Å²) in [6.45, 7) is 1.22. The molecule has 1 aliphatic carbocycles. The lowest BCUT2D eigenvalue weighted by Crippen LogP contribution is -2.55. The van der Waals surface area contributed by atoms with Crippen LogP contribution in [0.3, 0.4) is 0 Å². The monoisotopic (exact) mass is 542 g/mol. The Hall–Kier alpha value is -3.17. The van der Waals surface area contributed by atoms with Gasteiger partial charge < -0.3 is 20.6 Å². The highest BCUT2D eigenvalue weighted by Crippen LogP contribution is 2.32. The van der Waals surface area contributed by atoms with Crippen LogP contribution in [0.1, 0.15) is 49.7 Å². The lowest BCUT2D eigenvalue weighted by molar-refractivity contribution is -0.137. The average Bonchev–Trinajstić information content (AvgIpc) is 2.94. The van der Waals surface area contributed by atoms with E-state index in [0.29, 0.717) is 0 Å². The summed E-state index contributed by atoms with van der Waals surface area (Å²) in [5.74, 6) is 0.320. The lowest BCUT2D eigenvalue weighted by Gasteiger charge is -2.40. The van der Waals surface area contributed by atoms with Gasteiger partial charge >= 0.3 is 6.18 Å². The van der Waals surface area contributed by atoms with E-state index < -0.39 is 17.6 Å². The van der Waals surface area contributed by atoms with Crippen molar-refractivity contribution in [2.45, 2.75) is 69.4 Å². The molecule has 2 aromatic carbocycles. The molecule has 2 heterocycles. The van der Waals surface area contributed by atoms with Crippen LogP contribution in [0.5, 0.6) is 0 Å². The molecule has 0 spiro atoms. The molecule has 5 rings (SSSR count). The van der Waals surface area contributed by atoms with E-state index in [4.69, 9.17) is 0 Å². The Balaban J connectivity index is 1.24. The van der Waals surface area contributed by atoms with Crippen molar-refractivity contribution in [2.24, 2.45) is 0 Å². The zero-order valence-electron chi connectivity index (χ0n) is 21.7. The molecule has 2 fully saturated rings. The number of nitrogens with zero attached hydrogens (tertiary/aromatic N) is 2. The summed E-state index contributed by atoms with van der Waals surface area (Å²) in [4.78, 5) is 6.69. The Morgan fingerprint density at radius 3 is 2.38 bits per heavy atom. The standard InChI is InChI=1S/C30H34F4N4O/c31-26-12-7-20(16-22(26)19-39)21-13-14-35-29(17-21)37-28-6-2-1-5-27(28)36-24-4-3-15-38(18-24)25-10-8-23(9-11-25)30(32,33)34/h7-14,16-17,24,27-28,36,39H,1-6,15,18-19H2,(H,35,37)/t24-,27+,28+/m0/s1. The van der Waals surface area contributed by atoms with Crippen LogP contribution in [0, 0.1) is 5.82 Å². The Kier molecular flexibility index (Phi) is 8.37. The van der Waals surface area contributed by atoms with E-state index in [1.165, 1.54) is 6.07 Å². The fraction of sp³-hybridized carbons (Fsp3) is 0.433. The minimum Gasteiger partial charge on any atom is -0.392 e. The Labute approximate surface area is 226 Å². The van der Waals surface area contributed by atoms with Crippen LogP contribution in [-0.4, -0.2) is 41.3 Å². The van der Waals surface area contributed by atoms with Gasteiger partial charge in [-0.3, -0.25) is 0 Å². The SMILES string of the molecule is OCc1cc(-c2ccnc(N[C@@H]3CCCC[C@H]3N[C@H]3CCCN(c4ccc(C(F)(F)F)cc4)C3)c2)ccc1F. The molecular weight excluding hydrogens is 508 g/mol. The summed E-state index contributed by atoms with van der Waals surface area (Å²) < 4.78 is 52.8. The predicted octanol–water partition coefficient (Wildman–Crippen LogP) is 6.38. The van der Waals surface area contributed by atoms with Gasteiger partial charge in [-0.15, -0.1) is 0 Å². The zero-order chi connectivity index (χ0) is 27.4. The quantitative estimate of drug-likeness (QED) is 0.303. The fourth-order valence-electron chi connectivity index (χ4n) is 5.77. The first-order chi connectivity index (χ1) is 18.8. The third kappa shape index (κ3) is 6.70. The van der Waals surface area contributed by atoms with Crippen LogP contribution in [0.15, 0.2) is 60.8 Å². The van der Waals surface area contributed by atoms with E-state index in [1.807, 2.05) is 12.1 Å². The second-order valence-electron chi connectivity index (χ2n) is 10.5. The molecule has 1 aliphatic heterocycles. The number of rotatable bonds is 7. The van der Waals surface area contributed by atoms with Crippen molar-refractivity contribution < 1.29 is 22.7 Å². The molecule has 208 valence electrons. The fourth-order valence-corrected chi connectivity index (χ4v) is 5.77. The molecule has 39 heavy (non-hydrogen) atoms. The maximum Gasteiger partial charge on any atom is 0.416 e. The number of aromatic nitrogens is 1. The van der Waals surface area contributed by atoms with Gasteiger partial charge in [0.2, 0.25) is 0 Å². The Morgan fingerprint density at radius 2 is 1.64 bits per heavy atom. The van der Waals surface area contributed by atoms with Gasteiger partial charge in [-0.05, 0) is 85.3 Å². The van der Waals surface area contributed by atoms with E-state index in [0.717, 1.165) is 86.4 Å². The molecule has 5 nitrogen and oxygen atoms in total. The maximum atomic E-state index is 13.9. The van der Waals surface area contributed by atoms with E-state index in [2.05, 4.69) is 20.5 Å². The highest BCUT2D eigenvalue weighted by Gasteiger charge is 2.32. The number of anilines is 2. The van der Waals surface area contributed by atoms with Gasteiger partial charge in [0.05, 0.1) is 12.2 Å². The molecule has 1 aromatic heterocycles. The van der Waals surface area contributed by atoms with E-state index in [9.17, 15) is 22.7 Å². The average molecular weight is 543 g/mol. The number of piperidine rings is 1. The summed E-state index contributed by atoms with van der Waals surface area (Å²) in [5.41, 5.74) is 2.16. The van der Waals surface area contributed by atoms with Crippen molar-refractivity contribution in [1.29, 1.82) is 0 Å². The summed E-state index contributed by atoms with van der Waals surface area (Å²) >= 11 is 0. The zero-order valence-corrected chi connectivity index (χ0v) is 21.7. The first-order valence-electron chi connectivity index (χ1n) is 13.6. The summed E-state index contributed by atoms with van der Waals surface area (Å²) in [6, 6.07) is 14.7. The molecule has 0 radical (unpaired) electrons. The van der Waals surface area contributed by atoms with Gasteiger partial charge in [0, 0.05) is 48.7 Å². The smallest absolute Gasteiger partial charge is 0.392 e. The molecule has 1 saturated heterocycles. The van der Waals surface area contributed by atoms with Crippen molar-refractivity contribution in [1.82, 2.24) is 10.3 Å². The van der Waals surface area contributed by atoms with E-state index in [-0.39, 0.29) is 30.3 Å². The van der Waals surface area contributed by atoms with Crippen molar-refractivity contribution in [3.05, 3.63) is 77.7 Å². The van der Waals surface area contributed by atoms with E-state index >= 15 is 0 Å². The number of nitrogens with one attached hydrogen (secondary N) is 2. The van der Waals surface area contributed by atoms with Crippen LogP contribution >= 0.6 is 0 Å². The molecule has 3 atom stereocenters. The normalized spacial score (nSPS) is 22.1. The van der Waals surface area contributed by atoms with Gasteiger partial charge in [0.15, 0.2) is 0 Å². The Morgan fingerprint density at radius 1 is 0.897 bits per heavy atom. The number of benzene rings is 2. The largest absolute Gasteiger partial charge is 0.416 e. The summed E-state index contributed by atoms with van der Waals surface area (Å²) in [6.07, 6.45) is 3.69. The lowest BCUT2D eigenvalue weighted by atomic mass is 9.89. The van der Waals surface area contributed by atoms with Gasteiger partial charge in [-0.2, -0.15) is 13.2 Å². The highest BCUT2D eigenvalue weighted by atomic mass is 19.4. The molecule has 2 aliphatic rings. The minimum absolute atomic E-state index is 0.184. The van der Waals surface area contributed by atoms with Crippen LogP contribution in [-0.2, 0) is 12.8 Å². The topological polar surface area (TPSA) is 60.4 Å². The summed E-state index contributed by atoms with van der Waals surface area (Å²) in [7, 11) is 0. The van der Waals surface area contributed by atoms with Gasteiger partial charge in [-0.1, -0.05) is 18.9 Å². The van der Waals surface area contributed by atoms with Crippen molar-refractivity contribution in [3.8, 4) is 11.1 Å². The Bertz CT molecular complexity index is 1250. The number of pyridine rings is 1.